The zero-order valence-corrected chi connectivity index (χ0v) is 11.8. The number of hydrogen-bond acceptors (Lipinski definition) is 2. The summed E-state index contributed by atoms with van der Waals surface area (Å²) in [6.07, 6.45) is 9.09. The van der Waals surface area contributed by atoms with E-state index >= 15 is 0 Å². The number of amides is 1. The average molecular weight is 263 g/mol. The van der Waals surface area contributed by atoms with Gasteiger partial charge in [-0.2, -0.15) is 0 Å². The van der Waals surface area contributed by atoms with Crippen LogP contribution in [-0.2, 0) is 9.53 Å². The summed E-state index contributed by atoms with van der Waals surface area (Å²) in [4.78, 5) is 15.2. The Bertz CT molecular complexity index is 361. The van der Waals surface area contributed by atoms with Crippen molar-refractivity contribution in [1.29, 1.82) is 0 Å². The molecule has 5 aliphatic rings. The molecule has 0 aromatic rings. The predicted molar refractivity (Wildman–Crippen MR) is 72.6 cm³/mol. The molecule has 1 aliphatic heterocycles. The molecule has 0 spiro atoms. The van der Waals surface area contributed by atoms with Crippen LogP contribution in [0.2, 0.25) is 0 Å². The number of fused-ring (bicyclic) bond motifs is 1. The summed E-state index contributed by atoms with van der Waals surface area (Å²) < 4.78 is 5.40. The number of hydrogen-bond donors (Lipinski definition) is 0. The molecule has 3 heteroatoms. The van der Waals surface area contributed by atoms with Crippen molar-refractivity contribution < 1.29 is 9.53 Å². The topological polar surface area (TPSA) is 29.5 Å². The Kier molecular flexibility index (Phi) is 2.87. The standard InChI is InChI=1S/C16H25NO2/c18-15(17-3-5-19-6-4-17)16-2-1-12-7-13(10-16)9-14(8-12)11-16/h12-14H,1-11H2/t12?,13-,14+,16?. The molecule has 1 amide bonds. The van der Waals surface area contributed by atoms with Crippen LogP contribution < -0.4 is 0 Å². The molecule has 5 rings (SSSR count). The largest absolute Gasteiger partial charge is 0.378 e. The molecular formula is C16H25NO2. The van der Waals surface area contributed by atoms with Gasteiger partial charge in [-0.05, 0) is 62.7 Å². The van der Waals surface area contributed by atoms with E-state index in [9.17, 15) is 4.79 Å². The predicted octanol–water partition coefficient (Wildman–Crippen LogP) is 2.45. The van der Waals surface area contributed by atoms with Crippen molar-refractivity contribution >= 4 is 5.91 Å². The molecule has 4 saturated carbocycles. The Morgan fingerprint density at radius 3 is 2.32 bits per heavy atom. The van der Waals surface area contributed by atoms with Crippen LogP contribution in [0.25, 0.3) is 0 Å². The molecule has 0 aromatic carbocycles. The van der Waals surface area contributed by atoms with Gasteiger partial charge < -0.3 is 9.64 Å². The van der Waals surface area contributed by atoms with E-state index in [2.05, 4.69) is 4.90 Å². The van der Waals surface area contributed by atoms with E-state index in [1.807, 2.05) is 0 Å². The van der Waals surface area contributed by atoms with Crippen LogP contribution in [0.15, 0.2) is 0 Å². The molecule has 4 atom stereocenters. The first-order valence-electron chi connectivity index (χ1n) is 8.12. The first kappa shape index (κ1) is 12.2. The Labute approximate surface area is 115 Å². The third-order valence-electron chi connectivity index (χ3n) is 6.14. The number of carbonyl (C=O) groups excluding carboxylic acids is 1. The lowest BCUT2D eigenvalue weighted by atomic mass is 9.61. The lowest BCUT2D eigenvalue weighted by Gasteiger charge is -2.46. The van der Waals surface area contributed by atoms with Crippen molar-refractivity contribution in [2.75, 3.05) is 26.3 Å². The molecule has 5 fully saturated rings. The summed E-state index contributed by atoms with van der Waals surface area (Å²) in [6, 6.07) is 0. The van der Waals surface area contributed by atoms with Crippen molar-refractivity contribution in [3.8, 4) is 0 Å². The highest BCUT2D eigenvalue weighted by Gasteiger charge is 2.52. The Hall–Kier alpha value is -0.570. The molecule has 19 heavy (non-hydrogen) atoms. The highest BCUT2D eigenvalue weighted by Crippen LogP contribution is 2.57. The van der Waals surface area contributed by atoms with E-state index in [4.69, 9.17) is 4.74 Å². The fourth-order valence-electron chi connectivity index (χ4n) is 5.53. The molecule has 4 aliphatic carbocycles. The zero-order valence-electron chi connectivity index (χ0n) is 11.8. The van der Waals surface area contributed by atoms with E-state index in [0.29, 0.717) is 5.91 Å². The quantitative estimate of drug-likeness (QED) is 0.727. The molecule has 1 saturated heterocycles. The maximum Gasteiger partial charge on any atom is 0.228 e. The van der Waals surface area contributed by atoms with E-state index in [0.717, 1.165) is 44.1 Å². The molecule has 0 N–H and O–H groups in total. The summed E-state index contributed by atoms with van der Waals surface area (Å²) >= 11 is 0. The fourth-order valence-corrected chi connectivity index (χ4v) is 5.53. The van der Waals surface area contributed by atoms with Gasteiger partial charge in [0, 0.05) is 18.5 Å². The second kappa shape index (κ2) is 4.47. The number of ether oxygens (including phenoxy) is 1. The van der Waals surface area contributed by atoms with Gasteiger partial charge >= 0.3 is 0 Å². The van der Waals surface area contributed by atoms with Crippen LogP contribution in [-0.4, -0.2) is 37.1 Å². The summed E-state index contributed by atoms with van der Waals surface area (Å²) in [6.45, 7) is 3.10. The van der Waals surface area contributed by atoms with Crippen molar-refractivity contribution in [2.24, 2.45) is 23.2 Å². The van der Waals surface area contributed by atoms with Gasteiger partial charge in [-0.1, -0.05) is 0 Å². The van der Waals surface area contributed by atoms with Gasteiger partial charge in [-0.15, -0.1) is 0 Å². The van der Waals surface area contributed by atoms with Crippen molar-refractivity contribution in [3.63, 3.8) is 0 Å². The fraction of sp³-hybridized carbons (Fsp3) is 0.938. The normalized spacial score (nSPS) is 45.3. The van der Waals surface area contributed by atoms with Gasteiger partial charge in [0.1, 0.15) is 0 Å². The second-order valence-electron chi connectivity index (χ2n) is 7.44. The molecule has 1 heterocycles. The van der Waals surface area contributed by atoms with E-state index in [1.165, 1.54) is 44.9 Å². The Balaban J connectivity index is 1.59. The van der Waals surface area contributed by atoms with Crippen molar-refractivity contribution in [3.05, 3.63) is 0 Å². The van der Waals surface area contributed by atoms with Crippen LogP contribution in [0.4, 0.5) is 0 Å². The van der Waals surface area contributed by atoms with Gasteiger partial charge in [0.15, 0.2) is 0 Å². The first-order chi connectivity index (χ1) is 9.25. The van der Waals surface area contributed by atoms with E-state index < -0.39 is 0 Å². The third-order valence-corrected chi connectivity index (χ3v) is 6.14. The second-order valence-corrected chi connectivity index (χ2v) is 7.44. The monoisotopic (exact) mass is 263 g/mol. The van der Waals surface area contributed by atoms with E-state index in [-0.39, 0.29) is 5.41 Å². The smallest absolute Gasteiger partial charge is 0.228 e. The molecular weight excluding hydrogens is 238 g/mol. The van der Waals surface area contributed by atoms with Crippen molar-refractivity contribution in [2.45, 2.75) is 44.9 Å². The zero-order chi connectivity index (χ0) is 12.9. The van der Waals surface area contributed by atoms with Crippen LogP contribution in [0, 0.1) is 23.2 Å². The van der Waals surface area contributed by atoms with Crippen molar-refractivity contribution in [1.82, 2.24) is 4.90 Å². The van der Waals surface area contributed by atoms with Gasteiger partial charge in [-0.25, -0.2) is 0 Å². The Morgan fingerprint density at radius 1 is 1.00 bits per heavy atom. The average Bonchev–Trinajstić information content (AvgIpc) is 2.64. The van der Waals surface area contributed by atoms with Crippen LogP contribution in [0.5, 0.6) is 0 Å². The number of morpholine rings is 1. The summed E-state index contributed by atoms with van der Waals surface area (Å²) in [7, 11) is 0. The van der Waals surface area contributed by atoms with Gasteiger partial charge in [-0.3, -0.25) is 4.79 Å². The maximum atomic E-state index is 13.1. The lowest BCUT2D eigenvalue weighted by molar-refractivity contribution is -0.151. The number of rotatable bonds is 1. The summed E-state index contributed by atoms with van der Waals surface area (Å²) in [5.74, 6) is 3.12. The highest BCUT2D eigenvalue weighted by molar-refractivity contribution is 5.83. The molecule has 3 nitrogen and oxygen atoms in total. The Morgan fingerprint density at radius 2 is 1.63 bits per heavy atom. The maximum absolute atomic E-state index is 13.1. The lowest BCUT2D eigenvalue weighted by Crippen LogP contribution is -2.51. The molecule has 0 aromatic heterocycles. The first-order valence-corrected chi connectivity index (χ1v) is 8.12. The minimum absolute atomic E-state index is 0.0240. The number of nitrogens with zero attached hydrogens (tertiary/aromatic N) is 1. The molecule has 4 bridgehead atoms. The van der Waals surface area contributed by atoms with Crippen LogP contribution >= 0.6 is 0 Å². The van der Waals surface area contributed by atoms with Crippen LogP contribution in [0.3, 0.4) is 0 Å². The summed E-state index contributed by atoms with van der Waals surface area (Å²) in [5, 5.41) is 0. The molecule has 0 radical (unpaired) electrons. The molecule has 2 unspecified atom stereocenters. The SMILES string of the molecule is O=C(N1CCOCC1)C12CCC3C[C@H](C[C@H](C3)C1)C2. The van der Waals surface area contributed by atoms with Gasteiger partial charge in [0.25, 0.3) is 0 Å². The highest BCUT2D eigenvalue weighted by atomic mass is 16.5. The number of carbonyl (C=O) groups is 1. The molecule has 106 valence electrons. The summed E-state index contributed by atoms with van der Waals surface area (Å²) in [5.41, 5.74) is 0.0240. The minimum Gasteiger partial charge on any atom is -0.378 e. The van der Waals surface area contributed by atoms with Gasteiger partial charge in [0.2, 0.25) is 5.91 Å². The van der Waals surface area contributed by atoms with Gasteiger partial charge in [0.05, 0.1) is 13.2 Å². The van der Waals surface area contributed by atoms with E-state index in [1.54, 1.807) is 0 Å². The minimum atomic E-state index is 0.0240. The third kappa shape index (κ3) is 2.01. The van der Waals surface area contributed by atoms with Crippen LogP contribution in [0.1, 0.15) is 44.9 Å².